The Morgan fingerprint density at radius 3 is 2.52 bits per heavy atom. The van der Waals surface area contributed by atoms with E-state index < -0.39 is 0 Å². The molecule has 2 aliphatic carbocycles. The molecule has 0 amide bonds. The van der Waals surface area contributed by atoms with Crippen molar-refractivity contribution in [2.24, 2.45) is 0 Å². The molecule has 0 saturated heterocycles. The minimum Gasteiger partial charge on any atom is -0.319 e. The van der Waals surface area contributed by atoms with Gasteiger partial charge in [0.05, 0.1) is 17.2 Å². The highest BCUT2D eigenvalue weighted by molar-refractivity contribution is 6.32. The van der Waals surface area contributed by atoms with Crippen molar-refractivity contribution < 1.29 is 4.79 Å². The third-order valence-electron chi connectivity index (χ3n) is 3.21. The molecular weight excluding hydrogens is 288 g/mol. The SMILES string of the molecule is O=C1Cc2ccc1cc2Cl.O=c1cnc2ccccc2[nH]1. The summed E-state index contributed by atoms with van der Waals surface area (Å²) < 4.78 is 0. The summed E-state index contributed by atoms with van der Waals surface area (Å²) in [5.74, 6) is 0.182. The van der Waals surface area contributed by atoms with Crippen LogP contribution < -0.4 is 5.56 Å². The van der Waals surface area contributed by atoms with E-state index in [1.54, 1.807) is 6.07 Å². The smallest absolute Gasteiger partial charge is 0.266 e. The molecule has 2 aromatic carbocycles. The van der Waals surface area contributed by atoms with Gasteiger partial charge < -0.3 is 4.98 Å². The van der Waals surface area contributed by atoms with E-state index in [4.69, 9.17) is 11.6 Å². The van der Waals surface area contributed by atoms with E-state index in [2.05, 4.69) is 9.97 Å². The number of para-hydroxylation sites is 2. The summed E-state index contributed by atoms with van der Waals surface area (Å²) in [4.78, 5) is 28.4. The lowest BCUT2D eigenvalue weighted by molar-refractivity contribution is 0.0989. The number of hydrogen-bond donors (Lipinski definition) is 1. The molecule has 0 atom stereocenters. The number of ketones is 1. The molecule has 0 saturated carbocycles. The molecule has 0 unspecified atom stereocenters. The van der Waals surface area contributed by atoms with Crippen LogP contribution in [0.15, 0.2) is 53.5 Å². The molecule has 1 aromatic heterocycles. The van der Waals surface area contributed by atoms with E-state index >= 15 is 0 Å². The first kappa shape index (κ1) is 13.5. The molecule has 0 fully saturated rings. The van der Waals surface area contributed by atoms with Crippen molar-refractivity contribution >= 4 is 28.4 Å². The molecule has 4 nitrogen and oxygen atoms in total. The van der Waals surface area contributed by atoms with Gasteiger partial charge in [-0.15, -0.1) is 0 Å². The van der Waals surface area contributed by atoms with Gasteiger partial charge in [0.1, 0.15) is 0 Å². The van der Waals surface area contributed by atoms with Crippen molar-refractivity contribution in [3.63, 3.8) is 0 Å². The Morgan fingerprint density at radius 1 is 1.10 bits per heavy atom. The number of fused-ring (bicyclic) bond motifs is 4. The number of nitrogens with zero attached hydrogens (tertiary/aromatic N) is 1. The van der Waals surface area contributed by atoms with Gasteiger partial charge in [-0.1, -0.05) is 35.9 Å². The van der Waals surface area contributed by atoms with Crippen molar-refractivity contribution in [2.45, 2.75) is 6.42 Å². The standard InChI is InChI=1S/C8H5ClO.C8H6N2O/c9-7-3-6-2-1-5(7)4-8(6)10;11-8-5-9-6-3-1-2-4-7(6)10-8/h1-3H,4H2;1-5H,(H,10,11). The fourth-order valence-electron chi connectivity index (χ4n) is 2.12. The first-order chi connectivity index (χ1) is 10.1. The minimum absolute atomic E-state index is 0.163. The third-order valence-corrected chi connectivity index (χ3v) is 3.56. The lowest BCUT2D eigenvalue weighted by Crippen LogP contribution is -2.10. The normalized spacial score (nSPS) is 12.1. The van der Waals surface area contributed by atoms with Crippen LogP contribution >= 0.6 is 11.6 Å². The van der Waals surface area contributed by atoms with Crippen molar-refractivity contribution in [3.8, 4) is 0 Å². The van der Waals surface area contributed by atoms with Crippen LogP contribution in [0.3, 0.4) is 0 Å². The maximum absolute atomic E-state index is 11.0. The Hall–Kier alpha value is -2.46. The van der Waals surface area contributed by atoms with Gasteiger partial charge in [0.15, 0.2) is 5.78 Å². The summed E-state index contributed by atoms with van der Waals surface area (Å²) in [6.07, 6.45) is 1.77. The third kappa shape index (κ3) is 2.85. The maximum Gasteiger partial charge on any atom is 0.266 e. The fourth-order valence-corrected chi connectivity index (χ4v) is 2.37. The highest BCUT2D eigenvalue weighted by atomic mass is 35.5. The molecule has 1 N–H and O–H groups in total. The van der Waals surface area contributed by atoms with Gasteiger partial charge in [-0.05, 0) is 23.8 Å². The number of carbonyl (C=O) groups is 1. The van der Waals surface area contributed by atoms with Gasteiger partial charge in [0, 0.05) is 17.0 Å². The first-order valence-corrected chi connectivity index (χ1v) is 6.77. The molecule has 1 heterocycles. The Kier molecular flexibility index (Phi) is 3.54. The van der Waals surface area contributed by atoms with E-state index in [1.165, 1.54) is 6.20 Å². The summed E-state index contributed by atoms with van der Waals surface area (Å²) in [6.45, 7) is 0. The Balaban J connectivity index is 0.000000126. The quantitative estimate of drug-likeness (QED) is 0.694. The number of rotatable bonds is 0. The Labute approximate surface area is 125 Å². The molecule has 104 valence electrons. The number of H-pyrrole nitrogens is 1. The zero-order valence-electron chi connectivity index (χ0n) is 11.0. The summed E-state index contributed by atoms with van der Waals surface area (Å²) >= 11 is 5.78. The van der Waals surface area contributed by atoms with Gasteiger partial charge in [0.2, 0.25) is 0 Å². The predicted octanol–water partition coefficient (Wildman–Crippen LogP) is 3.00. The molecule has 5 heteroatoms. The van der Waals surface area contributed by atoms with Crippen LogP contribution in [0.25, 0.3) is 11.0 Å². The minimum atomic E-state index is -0.163. The summed E-state index contributed by atoms with van der Waals surface area (Å²) in [5, 5.41) is 0.720. The number of hydrogen-bond acceptors (Lipinski definition) is 3. The number of aromatic nitrogens is 2. The zero-order valence-corrected chi connectivity index (χ0v) is 11.7. The summed E-state index contributed by atoms with van der Waals surface area (Å²) in [7, 11) is 0. The van der Waals surface area contributed by atoms with E-state index in [1.807, 2.05) is 36.4 Å². The van der Waals surface area contributed by atoms with Gasteiger partial charge in [-0.3, -0.25) is 9.59 Å². The van der Waals surface area contributed by atoms with Crippen LogP contribution in [-0.4, -0.2) is 15.8 Å². The molecular formula is C16H11ClN2O2. The van der Waals surface area contributed by atoms with Crippen molar-refractivity contribution in [1.82, 2.24) is 9.97 Å². The molecule has 2 aliphatic rings. The summed E-state index contributed by atoms with van der Waals surface area (Å²) in [6, 6.07) is 12.9. The van der Waals surface area contributed by atoms with E-state index in [0.717, 1.165) is 27.2 Å². The molecule has 3 aromatic rings. The zero-order chi connectivity index (χ0) is 14.8. The second-order valence-corrected chi connectivity index (χ2v) is 5.08. The van der Waals surface area contributed by atoms with Gasteiger partial charge in [-0.2, -0.15) is 0 Å². The second-order valence-electron chi connectivity index (χ2n) is 4.67. The van der Waals surface area contributed by atoms with E-state index in [-0.39, 0.29) is 11.3 Å². The van der Waals surface area contributed by atoms with Crippen LogP contribution in [0.5, 0.6) is 0 Å². The van der Waals surface area contributed by atoms with Crippen molar-refractivity contribution in [2.75, 3.05) is 0 Å². The number of benzene rings is 2. The lowest BCUT2D eigenvalue weighted by Gasteiger charge is -2.11. The Bertz CT molecular complexity index is 887. The topological polar surface area (TPSA) is 62.8 Å². The average Bonchev–Trinajstić information content (AvgIpc) is 2.49. The maximum atomic E-state index is 11.0. The Morgan fingerprint density at radius 2 is 1.90 bits per heavy atom. The number of aromatic amines is 1. The van der Waals surface area contributed by atoms with Crippen LogP contribution in [0.2, 0.25) is 5.02 Å². The summed E-state index contributed by atoms with van der Waals surface area (Å²) in [5.41, 5.74) is 3.11. The molecule has 0 radical (unpaired) electrons. The van der Waals surface area contributed by atoms with Crippen LogP contribution in [0, 0.1) is 0 Å². The predicted molar refractivity (Wildman–Crippen MR) is 81.9 cm³/mol. The number of carbonyl (C=O) groups excluding carboxylic acids is 1. The number of Topliss-reactive ketones (excluding diaryl/α,β-unsaturated/α-hetero) is 1. The molecule has 0 spiro atoms. The first-order valence-electron chi connectivity index (χ1n) is 6.39. The van der Waals surface area contributed by atoms with Crippen molar-refractivity contribution in [3.05, 3.63) is 75.2 Å². The van der Waals surface area contributed by atoms with Gasteiger partial charge in [0.25, 0.3) is 5.56 Å². The van der Waals surface area contributed by atoms with Gasteiger partial charge >= 0.3 is 0 Å². The monoisotopic (exact) mass is 298 g/mol. The average molecular weight is 299 g/mol. The second kappa shape index (κ2) is 5.50. The van der Waals surface area contributed by atoms with Crippen LogP contribution in [0.4, 0.5) is 0 Å². The highest BCUT2D eigenvalue weighted by Crippen LogP contribution is 2.25. The largest absolute Gasteiger partial charge is 0.319 e. The van der Waals surface area contributed by atoms with E-state index in [9.17, 15) is 9.59 Å². The van der Waals surface area contributed by atoms with Crippen LogP contribution in [-0.2, 0) is 6.42 Å². The highest BCUT2D eigenvalue weighted by Gasteiger charge is 2.16. The van der Waals surface area contributed by atoms with Crippen molar-refractivity contribution in [1.29, 1.82) is 0 Å². The molecule has 5 rings (SSSR count). The number of nitrogens with one attached hydrogen (secondary N) is 1. The van der Waals surface area contributed by atoms with E-state index in [0.29, 0.717) is 6.42 Å². The van der Waals surface area contributed by atoms with Gasteiger partial charge in [-0.25, -0.2) is 4.98 Å². The molecule has 21 heavy (non-hydrogen) atoms. The van der Waals surface area contributed by atoms with Crippen LogP contribution in [0.1, 0.15) is 15.9 Å². The number of halogens is 1. The molecule has 0 aliphatic heterocycles. The lowest BCUT2D eigenvalue weighted by atomic mass is 9.95. The fraction of sp³-hybridized carbons (Fsp3) is 0.0625. The molecule has 2 bridgehead atoms.